The van der Waals surface area contributed by atoms with Crippen molar-refractivity contribution < 1.29 is 9.59 Å². The lowest BCUT2D eigenvalue weighted by Crippen LogP contribution is -2.55. The van der Waals surface area contributed by atoms with Crippen molar-refractivity contribution >= 4 is 23.4 Å². The van der Waals surface area contributed by atoms with Crippen molar-refractivity contribution in [2.24, 2.45) is 5.73 Å². The molecule has 1 fully saturated rings. The predicted molar refractivity (Wildman–Crippen MR) is 77.2 cm³/mol. The Morgan fingerprint density at radius 2 is 1.85 bits per heavy atom. The van der Waals surface area contributed by atoms with Gasteiger partial charge in [-0.25, -0.2) is 0 Å². The molecule has 1 heterocycles. The number of nitrogens with two attached hydrogens (primary N) is 1. The number of amides is 2. The molecule has 0 aliphatic carbocycles. The van der Waals surface area contributed by atoms with Crippen LogP contribution < -0.4 is 5.73 Å². The van der Waals surface area contributed by atoms with Gasteiger partial charge in [0.05, 0.1) is 6.04 Å². The zero-order chi connectivity index (χ0) is 14.7. The van der Waals surface area contributed by atoms with Crippen LogP contribution in [0.4, 0.5) is 0 Å². The van der Waals surface area contributed by atoms with E-state index in [1.807, 2.05) is 19.1 Å². The largest absolute Gasteiger partial charge is 0.333 e. The average molecular weight is 296 g/mol. The van der Waals surface area contributed by atoms with E-state index in [1.54, 1.807) is 21.9 Å². The molecule has 2 rings (SSSR count). The molecule has 0 radical (unpaired) electrons. The van der Waals surface area contributed by atoms with Crippen molar-refractivity contribution in [3.05, 3.63) is 34.9 Å². The highest BCUT2D eigenvalue weighted by molar-refractivity contribution is 6.35. The van der Waals surface area contributed by atoms with Crippen LogP contribution in [0.1, 0.15) is 18.5 Å². The molecule has 5 nitrogen and oxygen atoms in total. The van der Waals surface area contributed by atoms with Crippen molar-refractivity contribution in [3.8, 4) is 0 Å². The van der Waals surface area contributed by atoms with E-state index in [0.717, 1.165) is 5.56 Å². The Balaban J connectivity index is 2.22. The standard InChI is InChI=1S/C14H18ClN3O2/c1-2-17-7-8-18(14(20)13(17)19)12(9-16)10-3-5-11(15)6-4-10/h3-6,12H,2,7-9,16H2,1H3. The second-order valence-electron chi connectivity index (χ2n) is 4.69. The highest BCUT2D eigenvalue weighted by Crippen LogP contribution is 2.23. The summed E-state index contributed by atoms with van der Waals surface area (Å²) in [4.78, 5) is 27.2. The number of hydrogen-bond acceptors (Lipinski definition) is 3. The minimum absolute atomic E-state index is 0.271. The molecule has 6 heteroatoms. The average Bonchev–Trinajstić information content (AvgIpc) is 2.46. The SMILES string of the molecule is CCN1CCN(C(CN)c2ccc(Cl)cc2)C(=O)C1=O. The molecule has 1 aliphatic rings. The van der Waals surface area contributed by atoms with Crippen LogP contribution in [0, 0.1) is 0 Å². The summed E-state index contributed by atoms with van der Waals surface area (Å²) in [5.41, 5.74) is 6.69. The third-order valence-electron chi connectivity index (χ3n) is 3.58. The first-order valence-electron chi connectivity index (χ1n) is 6.63. The van der Waals surface area contributed by atoms with Gasteiger partial charge in [0, 0.05) is 31.2 Å². The number of piperazine rings is 1. The van der Waals surface area contributed by atoms with E-state index in [4.69, 9.17) is 17.3 Å². The van der Waals surface area contributed by atoms with Crippen LogP contribution >= 0.6 is 11.6 Å². The predicted octanol–water partition coefficient (Wildman–Crippen LogP) is 1.03. The second kappa shape index (κ2) is 6.24. The van der Waals surface area contributed by atoms with Crippen LogP contribution in [0.3, 0.4) is 0 Å². The lowest BCUT2D eigenvalue weighted by Gasteiger charge is -2.37. The van der Waals surface area contributed by atoms with E-state index < -0.39 is 11.8 Å². The molecule has 0 saturated carbocycles. The Kier molecular flexibility index (Phi) is 4.62. The Hall–Kier alpha value is -1.59. The summed E-state index contributed by atoms with van der Waals surface area (Å²) in [7, 11) is 0. The Labute approximate surface area is 123 Å². The monoisotopic (exact) mass is 295 g/mol. The lowest BCUT2D eigenvalue weighted by molar-refractivity contribution is -0.157. The molecule has 0 aromatic heterocycles. The molecule has 1 saturated heterocycles. The maximum Gasteiger partial charge on any atom is 0.312 e. The Bertz CT molecular complexity index is 504. The molecular weight excluding hydrogens is 278 g/mol. The molecule has 1 aromatic carbocycles. The van der Waals surface area contributed by atoms with Gasteiger partial charge < -0.3 is 15.5 Å². The van der Waals surface area contributed by atoms with Gasteiger partial charge >= 0.3 is 11.8 Å². The van der Waals surface area contributed by atoms with Crippen molar-refractivity contribution in [2.45, 2.75) is 13.0 Å². The van der Waals surface area contributed by atoms with Crippen molar-refractivity contribution in [2.75, 3.05) is 26.2 Å². The van der Waals surface area contributed by atoms with Crippen molar-refractivity contribution in [3.63, 3.8) is 0 Å². The number of hydrogen-bond donors (Lipinski definition) is 1. The molecule has 1 unspecified atom stereocenters. The minimum atomic E-state index is -0.483. The highest BCUT2D eigenvalue weighted by Gasteiger charge is 2.35. The summed E-state index contributed by atoms with van der Waals surface area (Å²) in [6, 6.07) is 6.90. The molecule has 1 atom stereocenters. The summed E-state index contributed by atoms with van der Waals surface area (Å²) in [6.45, 7) is 3.73. The normalized spacial score (nSPS) is 17.6. The van der Waals surface area contributed by atoms with Gasteiger partial charge in [-0.3, -0.25) is 9.59 Å². The van der Waals surface area contributed by atoms with Crippen molar-refractivity contribution in [1.29, 1.82) is 0 Å². The van der Waals surface area contributed by atoms with E-state index in [0.29, 0.717) is 24.7 Å². The summed E-state index contributed by atoms with van der Waals surface area (Å²) < 4.78 is 0. The highest BCUT2D eigenvalue weighted by atomic mass is 35.5. The number of carbonyl (C=O) groups is 2. The van der Waals surface area contributed by atoms with Crippen LogP contribution in [-0.2, 0) is 9.59 Å². The molecular formula is C14H18ClN3O2. The molecule has 2 N–H and O–H groups in total. The molecule has 0 spiro atoms. The summed E-state index contributed by atoms with van der Waals surface area (Å²) >= 11 is 5.86. The first-order valence-corrected chi connectivity index (χ1v) is 7.01. The molecule has 0 bridgehead atoms. The molecule has 1 aromatic rings. The number of carbonyl (C=O) groups excluding carboxylic acids is 2. The zero-order valence-electron chi connectivity index (χ0n) is 11.4. The molecule has 20 heavy (non-hydrogen) atoms. The number of halogens is 1. The quantitative estimate of drug-likeness (QED) is 0.844. The van der Waals surface area contributed by atoms with Gasteiger partial charge in [0.1, 0.15) is 0 Å². The van der Waals surface area contributed by atoms with Gasteiger partial charge in [0.2, 0.25) is 0 Å². The molecule has 2 amide bonds. The van der Waals surface area contributed by atoms with Gasteiger partial charge in [-0.1, -0.05) is 23.7 Å². The maximum atomic E-state index is 12.2. The van der Waals surface area contributed by atoms with Crippen LogP contribution in [0.5, 0.6) is 0 Å². The summed E-state index contributed by atoms with van der Waals surface area (Å²) in [5, 5.41) is 0.628. The van der Waals surface area contributed by atoms with Crippen LogP contribution in [0.2, 0.25) is 5.02 Å². The fraction of sp³-hybridized carbons (Fsp3) is 0.429. The van der Waals surface area contributed by atoms with E-state index in [2.05, 4.69) is 0 Å². The molecule has 108 valence electrons. The second-order valence-corrected chi connectivity index (χ2v) is 5.12. The van der Waals surface area contributed by atoms with Crippen LogP contribution in [-0.4, -0.2) is 47.8 Å². The number of rotatable bonds is 4. The maximum absolute atomic E-state index is 12.2. The third kappa shape index (κ3) is 2.78. The number of benzene rings is 1. The smallest absolute Gasteiger partial charge is 0.312 e. The number of likely N-dealkylation sites (N-methyl/N-ethyl adjacent to an activating group) is 1. The van der Waals surface area contributed by atoms with Gasteiger partial charge in [0.25, 0.3) is 0 Å². The van der Waals surface area contributed by atoms with E-state index in [1.165, 1.54) is 0 Å². The fourth-order valence-corrected chi connectivity index (χ4v) is 2.54. The summed E-state index contributed by atoms with van der Waals surface area (Å²) in [6.07, 6.45) is 0. The van der Waals surface area contributed by atoms with Crippen molar-refractivity contribution in [1.82, 2.24) is 9.80 Å². The molecule has 1 aliphatic heterocycles. The first kappa shape index (κ1) is 14.8. The Morgan fingerprint density at radius 1 is 1.20 bits per heavy atom. The van der Waals surface area contributed by atoms with E-state index in [-0.39, 0.29) is 12.6 Å². The van der Waals surface area contributed by atoms with Gasteiger partial charge in [-0.05, 0) is 24.6 Å². The van der Waals surface area contributed by atoms with E-state index >= 15 is 0 Å². The minimum Gasteiger partial charge on any atom is -0.333 e. The van der Waals surface area contributed by atoms with E-state index in [9.17, 15) is 9.59 Å². The number of nitrogens with zero attached hydrogens (tertiary/aromatic N) is 2. The van der Waals surface area contributed by atoms with Gasteiger partial charge in [-0.2, -0.15) is 0 Å². The van der Waals surface area contributed by atoms with Gasteiger partial charge in [-0.15, -0.1) is 0 Å². The van der Waals surface area contributed by atoms with Crippen LogP contribution in [0.25, 0.3) is 0 Å². The lowest BCUT2D eigenvalue weighted by atomic mass is 10.0. The Morgan fingerprint density at radius 3 is 2.40 bits per heavy atom. The first-order chi connectivity index (χ1) is 9.58. The van der Waals surface area contributed by atoms with Gasteiger partial charge in [0.15, 0.2) is 0 Å². The summed E-state index contributed by atoms with van der Waals surface area (Å²) in [5.74, 6) is -0.935. The third-order valence-corrected chi connectivity index (χ3v) is 3.83. The van der Waals surface area contributed by atoms with Crippen LogP contribution in [0.15, 0.2) is 24.3 Å². The topological polar surface area (TPSA) is 66.6 Å². The fourth-order valence-electron chi connectivity index (χ4n) is 2.42. The zero-order valence-corrected chi connectivity index (χ0v) is 12.1.